The lowest BCUT2D eigenvalue weighted by Crippen LogP contribution is -2.30. The highest BCUT2D eigenvalue weighted by molar-refractivity contribution is 7.18. The summed E-state index contributed by atoms with van der Waals surface area (Å²) >= 11 is 6.92. The molecule has 1 aromatic heterocycles. The molecule has 0 bridgehead atoms. The number of hydrogen-bond donors (Lipinski definition) is 1. The summed E-state index contributed by atoms with van der Waals surface area (Å²) < 4.78 is 10.8. The minimum absolute atomic E-state index is 0.249. The van der Waals surface area contributed by atoms with Gasteiger partial charge >= 0.3 is 5.97 Å². The van der Waals surface area contributed by atoms with Crippen LogP contribution in [0.1, 0.15) is 23.5 Å². The number of rotatable bonds is 7. The van der Waals surface area contributed by atoms with Crippen LogP contribution in [0.2, 0.25) is 5.02 Å². The van der Waals surface area contributed by atoms with Crippen molar-refractivity contribution in [3.63, 3.8) is 0 Å². The van der Waals surface area contributed by atoms with Gasteiger partial charge in [-0.3, -0.25) is 10.1 Å². The first-order valence-corrected chi connectivity index (χ1v) is 10.1. The average molecular weight is 431 g/mol. The maximum atomic E-state index is 12.5. The van der Waals surface area contributed by atoms with E-state index >= 15 is 0 Å². The molecule has 29 heavy (non-hydrogen) atoms. The van der Waals surface area contributed by atoms with Gasteiger partial charge in [-0.05, 0) is 38.1 Å². The number of nitrogens with one attached hydrogen (secondary N) is 1. The van der Waals surface area contributed by atoms with Gasteiger partial charge in [-0.25, -0.2) is 9.78 Å². The number of ether oxygens (including phenoxy) is 2. The van der Waals surface area contributed by atoms with Crippen LogP contribution >= 0.6 is 22.9 Å². The summed E-state index contributed by atoms with van der Waals surface area (Å²) in [6.45, 7) is 3.61. The van der Waals surface area contributed by atoms with Crippen LogP contribution in [0.3, 0.4) is 0 Å². The Morgan fingerprint density at radius 3 is 2.48 bits per heavy atom. The van der Waals surface area contributed by atoms with Crippen LogP contribution in [0.4, 0.5) is 5.13 Å². The number of thiazole rings is 1. The van der Waals surface area contributed by atoms with Crippen molar-refractivity contribution < 1.29 is 19.1 Å². The Labute approximate surface area is 177 Å². The van der Waals surface area contributed by atoms with Crippen molar-refractivity contribution >= 4 is 39.9 Å². The summed E-state index contributed by atoms with van der Waals surface area (Å²) in [6, 6.07) is 16.0. The highest BCUT2D eigenvalue weighted by Crippen LogP contribution is 2.32. The van der Waals surface area contributed by atoms with E-state index in [1.807, 2.05) is 30.3 Å². The fraction of sp³-hybridized carbons (Fsp3) is 0.190. The molecule has 6 nitrogen and oxygen atoms in total. The number of carbonyl (C=O) groups is 2. The van der Waals surface area contributed by atoms with Crippen molar-refractivity contribution in [3.05, 3.63) is 64.5 Å². The van der Waals surface area contributed by atoms with Crippen LogP contribution in [0.5, 0.6) is 5.75 Å². The monoisotopic (exact) mass is 430 g/mol. The molecule has 1 unspecified atom stereocenters. The molecule has 0 radical (unpaired) electrons. The van der Waals surface area contributed by atoms with Gasteiger partial charge in [0, 0.05) is 10.6 Å². The van der Waals surface area contributed by atoms with Crippen LogP contribution < -0.4 is 10.1 Å². The van der Waals surface area contributed by atoms with Crippen molar-refractivity contribution in [1.82, 2.24) is 4.98 Å². The zero-order valence-electron chi connectivity index (χ0n) is 15.8. The molecule has 3 rings (SSSR count). The van der Waals surface area contributed by atoms with Crippen molar-refractivity contribution in [2.75, 3.05) is 11.9 Å². The predicted molar refractivity (Wildman–Crippen MR) is 114 cm³/mol. The van der Waals surface area contributed by atoms with Crippen LogP contribution in [-0.4, -0.2) is 29.6 Å². The van der Waals surface area contributed by atoms with Gasteiger partial charge in [-0.15, -0.1) is 0 Å². The summed E-state index contributed by atoms with van der Waals surface area (Å²) in [5, 5.41) is 3.59. The first-order chi connectivity index (χ1) is 14.0. The molecule has 0 aliphatic heterocycles. The third kappa shape index (κ3) is 5.34. The first-order valence-electron chi connectivity index (χ1n) is 8.94. The molecule has 1 amide bonds. The fourth-order valence-electron chi connectivity index (χ4n) is 2.48. The number of amides is 1. The second kappa shape index (κ2) is 9.54. The third-order valence-electron chi connectivity index (χ3n) is 3.86. The molecular formula is C21H19ClN2O4S. The van der Waals surface area contributed by atoms with E-state index in [1.165, 1.54) is 0 Å². The number of anilines is 1. The fourth-order valence-corrected chi connectivity index (χ4v) is 3.49. The number of benzene rings is 2. The number of carbonyl (C=O) groups excluding carboxylic acids is 2. The lowest BCUT2D eigenvalue weighted by molar-refractivity contribution is -0.122. The Kier molecular flexibility index (Phi) is 6.85. The molecule has 0 saturated heterocycles. The van der Waals surface area contributed by atoms with Gasteiger partial charge < -0.3 is 9.47 Å². The van der Waals surface area contributed by atoms with Crippen LogP contribution in [0.25, 0.3) is 11.3 Å². The lowest BCUT2D eigenvalue weighted by Gasteiger charge is -2.13. The predicted octanol–water partition coefficient (Wildman–Crippen LogP) is 5.05. The van der Waals surface area contributed by atoms with E-state index in [1.54, 1.807) is 38.1 Å². The quantitative estimate of drug-likeness (QED) is 0.531. The normalized spacial score (nSPS) is 11.6. The lowest BCUT2D eigenvalue weighted by atomic mass is 10.1. The van der Waals surface area contributed by atoms with E-state index in [0.717, 1.165) is 16.9 Å². The molecule has 1 N–H and O–H groups in total. The molecule has 0 aliphatic carbocycles. The van der Waals surface area contributed by atoms with E-state index in [2.05, 4.69) is 10.3 Å². The summed E-state index contributed by atoms with van der Waals surface area (Å²) in [7, 11) is 0. The Balaban J connectivity index is 1.78. The SMILES string of the molecule is CCOC(=O)c1sc(NC(=O)C(C)Oc2ccc(Cl)cc2)nc1-c1ccccc1. The van der Waals surface area contributed by atoms with E-state index < -0.39 is 12.1 Å². The minimum Gasteiger partial charge on any atom is -0.481 e. The average Bonchev–Trinajstić information content (AvgIpc) is 3.14. The molecule has 8 heteroatoms. The van der Waals surface area contributed by atoms with Crippen molar-refractivity contribution in [2.24, 2.45) is 0 Å². The van der Waals surface area contributed by atoms with Crippen LogP contribution in [-0.2, 0) is 9.53 Å². The molecule has 0 saturated carbocycles. The van der Waals surface area contributed by atoms with Gasteiger partial charge in [0.15, 0.2) is 11.2 Å². The third-order valence-corrected chi connectivity index (χ3v) is 5.06. The van der Waals surface area contributed by atoms with Crippen LogP contribution in [0.15, 0.2) is 54.6 Å². The Bertz CT molecular complexity index is 990. The summed E-state index contributed by atoms with van der Waals surface area (Å²) in [6.07, 6.45) is -0.772. The van der Waals surface area contributed by atoms with E-state index in [4.69, 9.17) is 21.1 Å². The van der Waals surface area contributed by atoms with Gasteiger partial charge in [-0.2, -0.15) is 0 Å². The van der Waals surface area contributed by atoms with Gasteiger partial charge in [0.2, 0.25) is 0 Å². The smallest absolute Gasteiger partial charge is 0.350 e. The molecule has 0 aliphatic rings. The molecule has 150 valence electrons. The Morgan fingerprint density at radius 1 is 1.14 bits per heavy atom. The molecule has 1 atom stereocenters. The highest BCUT2D eigenvalue weighted by atomic mass is 35.5. The highest BCUT2D eigenvalue weighted by Gasteiger charge is 2.23. The Morgan fingerprint density at radius 2 is 1.83 bits per heavy atom. The number of halogens is 1. The van der Waals surface area contributed by atoms with E-state index in [-0.39, 0.29) is 12.5 Å². The minimum atomic E-state index is -0.772. The largest absolute Gasteiger partial charge is 0.481 e. The van der Waals surface area contributed by atoms with Gasteiger partial charge in [0.05, 0.1) is 12.3 Å². The van der Waals surface area contributed by atoms with Crippen molar-refractivity contribution in [2.45, 2.75) is 20.0 Å². The van der Waals surface area contributed by atoms with Crippen LogP contribution in [0, 0.1) is 0 Å². The van der Waals surface area contributed by atoms with Gasteiger partial charge in [0.25, 0.3) is 5.91 Å². The number of esters is 1. The second-order valence-electron chi connectivity index (χ2n) is 5.99. The molecule has 2 aromatic carbocycles. The van der Waals surface area contributed by atoms with Gasteiger partial charge in [-0.1, -0.05) is 53.3 Å². The zero-order chi connectivity index (χ0) is 20.8. The number of aromatic nitrogens is 1. The number of hydrogen-bond acceptors (Lipinski definition) is 6. The number of nitrogens with zero attached hydrogens (tertiary/aromatic N) is 1. The summed E-state index contributed by atoms with van der Waals surface area (Å²) in [5.41, 5.74) is 1.23. The second-order valence-corrected chi connectivity index (χ2v) is 7.42. The maximum Gasteiger partial charge on any atom is 0.350 e. The van der Waals surface area contributed by atoms with Gasteiger partial charge in [0.1, 0.15) is 10.6 Å². The van der Waals surface area contributed by atoms with Crippen molar-refractivity contribution in [1.29, 1.82) is 0 Å². The zero-order valence-corrected chi connectivity index (χ0v) is 17.4. The van der Waals surface area contributed by atoms with E-state index in [9.17, 15) is 9.59 Å². The molecule has 1 heterocycles. The molecular weight excluding hydrogens is 412 g/mol. The summed E-state index contributed by atoms with van der Waals surface area (Å²) in [5.74, 6) is -0.341. The molecule has 0 spiro atoms. The molecule has 3 aromatic rings. The van der Waals surface area contributed by atoms with E-state index in [0.29, 0.717) is 26.5 Å². The first kappa shape index (κ1) is 20.8. The standard InChI is InChI=1S/C21H19ClN2O4S/c1-3-27-20(26)18-17(14-7-5-4-6-8-14)23-21(29-18)24-19(25)13(2)28-16-11-9-15(22)10-12-16/h4-13H,3H2,1-2H3,(H,23,24,25). The van der Waals surface area contributed by atoms with Crippen molar-refractivity contribution in [3.8, 4) is 17.0 Å². The summed E-state index contributed by atoms with van der Waals surface area (Å²) in [4.78, 5) is 29.6. The Hall–Kier alpha value is -2.90. The maximum absolute atomic E-state index is 12.5. The molecule has 0 fully saturated rings. The topological polar surface area (TPSA) is 77.5 Å².